The van der Waals surface area contributed by atoms with Gasteiger partial charge in [0.1, 0.15) is 5.82 Å². The van der Waals surface area contributed by atoms with Crippen molar-refractivity contribution >= 4 is 39.1 Å². The minimum absolute atomic E-state index is 0.0861. The summed E-state index contributed by atoms with van der Waals surface area (Å²) in [5.41, 5.74) is 9.21. The van der Waals surface area contributed by atoms with Crippen molar-refractivity contribution in [2.75, 3.05) is 70.2 Å². The van der Waals surface area contributed by atoms with Crippen molar-refractivity contribution in [3.63, 3.8) is 0 Å². The van der Waals surface area contributed by atoms with Gasteiger partial charge in [-0.15, -0.1) is 11.3 Å². The van der Waals surface area contributed by atoms with Gasteiger partial charge in [0, 0.05) is 61.5 Å². The number of hydrogen-bond acceptors (Lipinski definition) is 9. The van der Waals surface area contributed by atoms with E-state index in [1.807, 2.05) is 29.2 Å². The number of carbonyl (C=O) groups excluding carboxylic acids is 1. The molecule has 0 unspecified atom stereocenters. The summed E-state index contributed by atoms with van der Waals surface area (Å²) >= 11 is 1.66. The van der Waals surface area contributed by atoms with Gasteiger partial charge in [0.05, 0.1) is 23.4 Å². The Hall–Kier alpha value is -3.60. The molecule has 3 aromatic heterocycles. The molecule has 1 amide bonds. The molecule has 0 saturated carbocycles. The number of morpholine rings is 1. The van der Waals surface area contributed by atoms with E-state index in [2.05, 4.69) is 34.0 Å². The lowest BCUT2D eigenvalue weighted by Gasteiger charge is -2.32. The maximum absolute atomic E-state index is 13.2. The number of likely N-dealkylation sites (N-methyl/N-ethyl adjacent to an activating group) is 1. The van der Waals surface area contributed by atoms with E-state index in [0.29, 0.717) is 30.4 Å². The lowest BCUT2D eigenvalue weighted by atomic mass is 10.1. The molecular weight excluding hydrogens is 486 g/mol. The maximum atomic E-state index is 13.2. The second kappa shape index (κ2) is 10.0. The average molecular weight is 516 g/mol. The fourth-order valence-corrected chi connectivity index (χ4v) is 5.82. The van der Waals surface area contributed by atoms with Gasteiger partial charge >= 0.3 is 0 Å². The topological polar surface area (TPSA) is 101 Å². The zero-order valence-electron chi connectivity index (χ0n) is 20.8. The number of ether oxygens (including phenoxy) is 1. The molecule has 9 nitrogen and oxygen atoms in total. The van der Waals surface area contributed by atoms with Gasteiger partial charge in [-0.1, -0.05) is 12.1 Å². The molecule has 2 saturated heterocycles. The number of nitrogens with zero attached hydrogens (tertiary/aromatic N) is 6. The number of anilines is 2. The highest BCUT2D eigenvalue weighted by Gasteiger charge is 2.23. The first kappa shape index (κ1) is 23.8. The van der Waals surface area contributed by atoms with E-state index in [1.165, 1.54) is 0 Å². The summed E-state index contributed by atoms with van der Waals surface area (Å²) in [6, 6.07) is 13.7. The molecular formula is C27H29N7O2S. The van der Waals surface area contributed by atoms with Crippen LogP contribution in [0.3, 0.4) is 0 Å². The van der Waals surface area contributed by atoms with Gasteiger partial charge in [0.25, 0.3) is 5.91 Å². The van der Waals surface area contributed by atoms with Crippen LogP contribution in [-0.2, 0) is 4.74 Å². The Morgan fingerprint density at radius 2 is 1.78 bits per heavy atom. The number of nitrogens with two attached hydrogens (primary N) is 1. The summed E-state index contributed by atoms with van der Waals surface area (Å²) < 4.78 is 6.61. The second-order valence-electron chi connectivity index (χ2n) is 9.44. The van der Waals surface area contributed by atoms with Crippen LogP contribution in [0, 0.1) is 0 Å². The molecule has 190 valence electrons. The van der Waals surface area contributed by atoms with Crippen molar-refractivity contribution in [3.05, 3.63) is 54.2 Å². The summed E-state index contributed by atoms with van der Waals surface area (Å²) in [5.74, 6) is 2.07. The molecule has 0 spiro atoms. The fraction of sp³-hybridized carbons (Fsp3) is 0.333. The van der Waals surface area contributed by atoms with Crippen LogP contribution in [0.2, 0.25) is 0 Å². The van der Waals surface area contributed by atoms with E-state index in [9.17, 15) is 4.79 Å². The van der Waals surface area contributed by atoms with E-state index in [4.69, 9.17) is 20.4 Å². The predicted octanol–water partition coefficient (Wildman–Crippen LogP) is 3.23. The summed E-state index contributed by atoms with van der Waals surface area (Å²) in [7, 11) is 2.09. The largest absolute Gasteiger partial charge is 0.384 e. The highest BCUT2D eigenvalue weighted by atomic mass is 32.1. The van der Waals surface area contributed by atoms with E-state index in [-0.39, 0.29) is 5.91 Å². The molecule has 5 heterocycles. The van der Waals surface area contributed by atoms with Gasteiger partial charge < -0.3 is 25.2 Å². The number of rotatable bonds is 4. The lowest BCUT2D eigenvalue weighted by molar-refractivity contribution is 0.0664. The maximum Gasteiger partial charge on any atom is 0.253 e. The number of carbonyl (C=O) groups is 1. The highest BCUT2D eigenvalue weighted by Crippen LogP contribution is 2.39. The zero-order chi connectivity index (χ0) is 25.4. The van der Waals surface area contributed by atoms with Crippen LogP contribution < -0.4 is 10.6 Å². The van der Waals surface area contributed by atoms with Crippen LogP contribution >= 0.6 is 11.3 Å². The first-order valence-corrected chi connectivity index (χ1v) is 13.3. The number of hydrogen-bond donors (Lipinski definition) is 1. The number of piperazine rings is 1. The Labute approximate surface area is 219 Å². The number of benzene rings is 1. The standard InChI is InChI=1S/C27H29N7O2S/c1-32-7-9-34(10-8-32)27(35)19-4-2-3-18(15-19)22-16-21-24(37-22)26(33-11-13-36-14-12-33)31-25(30-21)20-5-6-23(28)29-17-20/h2-6,15-17H,7-14H2,1H3,(H2,28,29). The Balaban J connectivity index is 1.39. The Bertz CT molecular complexity index is 1420. The predicted molar refractivity (Wildman–Crippen MR) is 147 cm³/mol. The van der Waals surface area contributed by atoms with Crippen LogP contribution in [0.5, 0.6) is 0 Å². The van der Waals surface area contributed by atoms with E-state index >= 15 is 0 Å². The molecule has 37 heavy (non-hydrogen) atoms. The third-order valence-electron chi connectivity index (χ3n) is 6.89. The van der Waals surface area contributed by atoms with Crippen molar-refractivity contribution in [3.8, 4) is 21.8 Å². The Morgan fingerprint density at radius 3 is 2.54 bits per heavy atom. The molecule has 0 radical (unpaired) electrons. The number of pyridine rings is 1. The monoisotopic (exact) mass is 515 g/mol. The molecule has 0 bridgehead atoms. The van der Waals surface area contributed by atoms with E-state index < -0.39 is 0 Å². The Morgan fingerprint density at radius 1 is 0.973 bits per heavy atom. The molecule has 4 aromatic rings. The highest BCUT2D eigenvalue weighted by molar-refractivity contribution is 7.22. The summed E-state index contributed by atoms with van der Waals surface area (Å²) in [6.07, 6.45) is 1.71. The van der Waals surface area contributed by atoms with Gasteiger partial charge in [-0.25, -0.2) is 15.0 Å². The average Bonchev–Trinajstić information content (AvgIpc) is 3.38. The van der Waals surface area contributed by atoms with Crippen molar-refractivity contribution in [2.45, 2.75) is 0 Å². The van der Waals surface area contributed by atoms with Gasteiger partial charge in [-0.2, -0.15) is 0 Å². The Kier molecular flexibility index (Phi) is 6.45. The lowest BCUT2D eigenvalue weighted by Crippen LogP contribution is -2.47. The fourth-order valence-electron chi connectivity index (χ4n) is 4.71. The number of amides is 1. The molecule has 10 heteroatoms. The molecule has 0 atom stereocenters. The van der Waals surface area contributed by atoms with Crippen LogP contribution in [0.4, 0.5) is 11.6 Å². The van der Waals surface area contributed by atoms with Gasteiger partial charge in [-0.3, -0.25) is 4.79 Å². The normalized spacial score (nSPS) is 16.9. The third-order valence-corrected chi connectivity index (χ3v) is 8.06. The quantitative estimate of drug-likeness (QED) is 0.442. The minimum Gasteiger partial charge on any atom is -0.384 e. The number of nitrogen functional groups attached to an aromatic ring is 1. The van der Waals surface area contributed by atoms with Crippen LogP contribution in [0.1, 0.15) is 10.4 Å². The molecule has 1 aromatic carbocycles. The smallest absolute Gasteiger partial charge is 0.253 e. The van der Waals surface area contributed by atoms with Gasteiger partial charge in [-0.05, 0) is 42.9 Å². The molecule has 2 aliphatic heterocycles. The van der Waals surface area contributed by atoms with Crippen molar-refractivity contribution < 1.29 is 9.53 Å². The van der Waals surface area contributed by atoms with Crippen molar-refractivity contribution in [2.24, 2.45) is 0 Å². The number of fused-ring (bicyclic) bond motifs is 1. The summed E-state index contributed by atoms with van der Waals surface area (Å²) in [6.45, 7) is 6.18. The van der Waals surface area contributed by atoms with E-state index in [1.54, 1.807) is 23.6 Å². The third kappa shape index (κ3) is 4.87. The molecule has 6 rings (SSSR count). The molecule has 0 aliphatic carbocycles. The first-order valence-electron chi connectivity index (χ1n) is 12.5. The van der Waals surface area contributed by atoms with E-state index in [0.717, 1.165) is 71.3 Å². The van der Waals surface area contributed by atoms with Gasteiger partial charge in [0.2, 0.25) is 0 Å². The minimum atomic E-state index is 0.0861. The summed E-state index contributed by atoms with van der Waals surface area (Å²) in [5, 5.41) is 0. The molecule has 2 N–H and O–H groups in total. The van der Waals surface area contributed by atoms with Crippen molar-refractivity contribution in [1.82, 2.24) is 24.8 Å². The van der Waals surface area contributed by atoms with Crippen LogP contribution in [0.25, 0.3) is 32.0 Å². The number of thiophene rings is 1. The summed E-state index contributed by atoms with van der Waals surface area (Å²) in [4.78, 5) is 34.8. The van der Waals surface area contributed by atoms with Crippen LogP contribution in [0.15, 0.2) is 48.7 Å². The number of aromatic nitrogens is 3. The molecule has 2 fully saturated rings. The second-order valence-corrected chi connectivity index (χ2v) is 10.5. The first-order chi connectivity index (χ1) is 18.0. The molecule has 2 aliphatic rings. The zero-order valence-corrected chi connectivity index (χ0v) is 21.6. The van der Waals surface area contributed by atoms with Crippen LogP contribution in [-0.4, -0.2) is 90.2 Å². The SMILES string of the molecule is CN1CCN(C(=O)c2cccc(-c3cc4nc(-c5ccc(N)nc5)nc(N5CCOCC5)c4s3)c2)CC1. The van der Waals surface area contributed by atoms with Gasteiger partial charge in [0.15, 0.2) is 11.6 Å². The van der Waals surface area contributed by atoms with Crippen molar-refractivity contribution in [1.29, 1.82) is 0 Å².